The van der Waals surface area contributed by atoms with Crippen LogP contribution in [0.4, 0.5) is 0 Å². The monoisotopic (exact) mass is 417 g/mol. The van der Waals surface area contributed by atoms with Gasteiger partial charge in [0.15, 0.2) is 10.8 Å². The van der Waals surface area contributed by atoms with Gasteiger partial charge in [-0.3, -0.25) is 14.2 Å². The van der Waals surface area contributed by atoms with E-state index in [0.29, 0.717) is 27.0 Å². The lowest BCUT2D eigenvalue weighted by molar-refractivity contribution is -0.122. The number of aromatic nitrogens is 4. The second-order valence-electron chi connectivity index (χ2n) is 6.89. The normalized spacial score (nSPS) is 16.9. The van der Waals surface area contributed by atoms with Gasteiger partial charge < -0.3 is 5.32 Å². The molecule has 0 aliphatic carbocycles. The molecule has 3 aromatic rings. The van der Waals surface area contributed by atoms with Gasteiger partial charge in [-0.1, -0.05) is 36.4 Å². The molecular weight excluding hydrogens is 398 g/mol. The lowest BCUT2D eigenvalue weighted by atomic mass is 10.2. The summed E-state index contributed by atoms with van der Waals surface area (Å²) in [6, 6.07) is 7.15. The molecule has 4 rings (SSSR count). The zero-order valence-electron chi connectivity index (χ0n) is 15.6. The highest BCUT2D eigenvalue weighted by Crippen LogP contribution is 2.33. The Kier molecular flexibility index (Phi) is 5.16. The molecule has 1 aliphatic heterocycles. The summed E-state index contributed by atoms with van der Waals surface area (Å²) in [5, 5.41) is 8.93. The molecule has 1 aliphatic rings. The van der Waals surface area contributed by atoms with Crippen LogP contribution < -0.4 is 10.9 Å². The van der Waals surface area contributed by atoms with Crippen molar-refractivity contribution in [3.63, 3.8) is 0 Å². The number of halogens is 1. The van der Waals surface area contributed by atoms with Crippen molar-refractivity contribution in [1.82, 2.24) is 24.6 Å². The first-order chi connectivity index (χ1) is 13.5. The zero-order valence-corrected chi connectivity index (χ0v) is 17.1. The third-order valence-electron chi connectivity index (χ3n) is 4.86. The molecule has 0 saturated heterocycles. The number of hydrogen-bond donors (Lipinski definition) is 1. The first-order valence-corrected chi connectivity index (χ1v) is 10.5. The fraction of sp³-hybridized carbons (Fsp3) is 0.368. The van der Waals surface area contributed by atoms with Crippen LogP contribution in [0.2, 0.25) is 5.02 Å². The van der Waals surface area contributed by atoms with Gasteiger partial charge in [0.1, 0.15) is 5.39 Å². The number of amides is 1. The minimum absolute atomic E-state index is 0.0468. The Morgan fingerprint density at radius 3 is 3.04 bits per heavy atom. The van der Waals surface area contributed by atoms with Crippen LogP contribution in [0.3, 0.4) is 0 Å². The number of rotatable bonds is 5. The molecule has 9 heteroatoms. The van der Waals surface area contributed by atoms with E-state index in [2.05, 4.69) is 15.4 Å². The third-order valence-corrected chi connectivity index (χ3v) is 6.20. The lowest BCUT2D eigenvalue weighted by Crippen LogP contribution is -2.35. The Balaban J connectivity index is 1.70. The van der Waals surface area contributed by atoms with Crippen molar-refractivity contribution in [2.75, 3.05) is 5.75 Å². The number of fused-ring (bicyclic) bond motifs is 2. The highest BCUT2D eigenvalue weighted by atomic mass is 35.5. The van der Waals surface area contributed by atoms with E-state index in [-0.39, 0.29) is 30.0 Å². The van der Waals surface area contributed by atoms with Crippen LogP contribution in [-0.2, 0) is 4.79 Å². The van der Waals surface area contributed by atoms with Crippen LogP contribution in [0.1, 0.15) is 32.7 Å². The Morgan fingerprint density at radius 2 is 2.29 bits per heavy atom. The number of benzene rings is 1. The van der Waals surface area contributed by atoms with E-state index in [4.69, 9.17) is 11.6 Å². The van der Waals surface area contributed by atoms with E-state index in [1.165, 1.54) is 18.0 Å². The standard InChI is InChI=1S/C19H20ClN5O2S/c1-3-11(2)22-16(26)8-14-10-28-19-23-17-15(18(27)24(14)19)9-21-25(17)13-6-4-5-12(20)7-13/h4-7,9,11,14H,3,8,10H2,1-2H3,(H,22,26). The predicted molar refractivity (Wildman–Crippen MR) is 110 cm³/mol. The largest absolute Gasteiger partial charge is 0.354 e. The Bertz CT molecular complexity index is 1110. The molecule has 146 valence electrons. The molecule has 2 unspecified atom stereocenters. The van der Waals surface area contributed by atoms with Crippen molar-refractivity contribution in [2.45, 2.75) is 43.9 Å². The minimum Gasteiger partial charge on any atom is -0.354 e. The molecule has 2 aromatic heterocycles. The van der Waals surface area contributed by atoms with Crippen molar-refractivity contribution in [3.8, 4) is 5.69 Å². The van der Waals surface area contributed by atoms with Gasteiger partial charge in [0, 0.05) is 23.2 Å². The summed E-state index contributed by atoms with van der Waals surface area (Å²) < 4.78 is 3.25. The smallest absolute Gasteiger partial charge is 0.265 e. The molecule has 7 nitrogen and oxygen atoms in total. The Morgan fingerprint density at radius 1 is 1.46 bits per heavy atom. The fourth-order valence-corrected chi connectivity index (χ4v) is 4.54. The van der Waals surface area contributed by atoms with Crippen LogP contribution in [0.25, 0.3) is 16.7 Å². The summed E-state index contributed by atoms with van der Waals surface area (Å²) in [4.78, 5) is 30.1. The summed E-state index contributed by atoms with van der Waals surface area (Å²) in [5.41, 5.74) is 1.07. The first-order valence-electron chi connectivity index (χ1n) is 9.16. The lowest BCUT2D eigenvalue weighted by Gasteiger charge is -2.16. The average molecular weight is 418 g/mol. The highest BCUT2D eigenvalue weighted by molar-refractivity contribution is 7.99. The molecule has 3 heterocycles. The first kappa shape index (κ1) is 19.0. The quantitative estimate of drug-likeness (QED) is 0.645. The van der Waals surface area contributed by atoms with Crippen molar-refractivity contribution in [1.29, 1.82) is 0 Å². The summed E-state index contributed by atoms with van der Waals surface area (Å²) >= 11 is 7.57. The molecule has 0 bridgehead atoms. The van der Waals surface area contributed by atoms with Gasteiger partial charge in [-0.05, 0) is 31.5 Å². The average Bonchev–Trinajstić information content (AvgIpc) is 3.26. The van der Waals surface area contributed by atoms with Crippen molar-refractivity contribution >= 4 is 40.3 Å². The van der Waals surface area contributed by atoms with Gasteiger partial charge in [-0.2, -0.15) is 5.10 Å². The van der Waals surface area contributed by atoms with E-state index in [1.807, 2.05) is 26.0 Å². The predicted octanol–water partition coefficient (Wildman–Crippen LogP) is 3.19. The number of hydrogen-bond acceptors (Lipinski definition) is 5. The molecule has 0 fully saturated rings. The van der Waals surface area contributed by atoms with Crippen molar-refractivity contribution in [2.24, 2.45) is 0 Å². The van der Waals surface area contributed by atoms with E-state index in [1.54, 1.807) is 21.4 Å². The van der Waals surface area contributed by atoms with Gasteiger partial charge in [-0.25, -0.2) is 9.67 Å². The Labute approximate surface area is 171 Å². The van der Waals surface area contributed by atoms with E-state index in [9.17, 15) is 9.59 Å². The van der Waals surface area contributed by atoms with Crippen molar-refractivity contribution in [3.05, 3.63) is 45.8 Å². The van der Waals surface area contributed by atoms with Crippen LogP contribution in [0, 0.1) is 0 Å². The SMILES string of the molecule is CCC(C)NC(=O)CC1CSc2nc3c(cnn3-c3cccc(Cl)c3)c(=O)n21. The molecule has 1 aromatic carbocycles. The number of carbonyl (C=O) groups excluding carboxylic acids is 1. The summed E-state index contributed by atoms with van der Waals surface area (Å²) in [7, 11) is 0. The van der Waals surface area contributed by atoms with Gasteiger partial charge in [0.05, 0.1) is 17.9 Å². The second-order valence-corrected chi connectivity index (χ2v) is 8.31. The molecule has 2 atom stereocenters. The summed E-state index contributed by atoms with van der Waals surface area (Å²) in [6.07, 6.45) is 2.66. The zero-order chi connectivity index (χ0) is 19.8. The molecular formula is C19H20ClN5O2S. The maximum atomic E-state index is 13.1. The molecule has 1 amide bonds. The number of nitrogens with zero attached hydrogens (tertiary/aromatic N) is 4. The second kappa shape index (κ2) is 7.60. The number of carbonyl (C=O) groups is 1. The summed E-state index contributed by atoms with van der Waals surface area (Å²) in [6.45, 7) is 3.99. The van der Waals surface area contributed by atoms with Gasteiger partial charge >= 0.3 is 0 Å². The van der Waals surface area contributed by atoms with Gasteiger partial charge in [0.2, 0.25) is 5.91 Å². The summed E-state index contributed by atoms with van der Waals surface area (Å²) in [5.74, 6) is 0.599. The number of thioether (sulfide) groups is 1. The van der Waals surface area contributed by atoms with Crippen molar-refractivity contribution < 1.29 is 4.79 Å². The number of nitrogens with one attached hydrogen (secondary N) is 1. The van der Waals surface area contributed by atoms with Gasteiger partial charge in [0.25, 0.3) is 5.56 Å². The molecule has 0 saturated carbocycles. The Hall–Kier alpha value is -2.32. The molecule has 0 radical (unpaired) electrons. The van der Waals surface area contributed by atoms with Gasteiger partial charge in [-0.15, -0.1) is 0 Å². The van der Waals surface area contributed by atoms with Crippen LogP contribution in [0.5, 0.6) is 0 Å². The minimum atomic E-state index is -0.206. The topological polar surface area (TPSA) is 81.8 Å². The van der Waals surface area contributed by atoms with Crippen LogP contribution in [0.15, 0.2) is 40.4 Å². The van der Waals surface area contributed by atoms with E-state index < -0.39 is 0 Å². The fourth-order valence-electron chi connectivity index (χ4n) is 3.23. The maximum Gasteiger partial charge on any atom is 0.265 e. The maximum absolute atomic E-state index is 13.1. The molecule has 0 spiro atoms. The molecule has 28 heavy (non-hydrogen) atoms. The van der Waals surface area contributed by atoms with E-state index >= 15 is 0 Å². The third kappa shape index (κ3) is 3.42. The highest BCUT2D eigenvalue weighted by Gasteiger charge is 2.29. The van der Waals surface area contributed by atoms with Crippen LogP contribution >= 0.6 is 23.4 Å². The molecule has 1 N–H and O–H groups in total. The van der Waals surface area contributed by atoms with E-state index in [0.717, 1.165) is 12.1 Å². The van der Waals surface area contributed by atoms with Crippen LogP contribution in [-0.4, -0.2) is 37.0 Å².